The average molecular weight is 304 g/mol. The molecule has 0 aromatic carbocycles. The molecule has 1 unspecified atom stereocenters. The number of hydrogen-bond acceptors (Lipinski definition) is 3. The second kappa shape index (κ2) is 4.67. The summed E-state index contributed by atoms with van der Waals surface area (Å²) >= 11 is 0. The molecule has 2 N–H and O–H groups in total. The summed E-state index contributed by atoms with van der Waals surface area (Å²) in [7, 11) is 0. The van der Waals surface area contributed by atoms with E-state index < -0.39 is 6.10 Å². The minimum atomic E-state index is -0.412. The van der Waals surface area contributed by atoms with E-state index in [2.05, 4.69) is 13.8 Å². The van der Waals surface area contributed by atoms with Crippen LogP contribution in [0.1, 0.15) is 58.8 Å². The fourth-order valence-electron chi connectivity index (χ4n) is 6.51. The predicted molar refractivity (Wildman–Crippen MR) is 84.1 cm³/mol. The van der Waals surface area contributed by atoms with E-state index in [0.29, 0.717) is 24.2 Å². The topological polar surface area (TPSA) is 57.5 Å². The Labute approximate surface area is 132 Å². The first-order chi connectivity index (χ1) is 10.4. The molecule has 3 saturated carbocycles. The number of rotatable bonds is 0. The highest BCUT2D eigenvalue weighted by Gasteiger charge is 2.62. The number of ketones is 1. The Morgan fingerprint density at radius 1 is 1.05 bits per heavy atom. The molecule has 0 spiro atoms. The van der Waals surface area contributed by atoms with Crippen LogP contribution in [0.15, 0.2) is 11.6 Å². The molecule has 3 fully saturated rings. The summed E-state index contributed by atoms with van der Waals surface area (Å²) in [6, 6.07) is 0. The van der Waals surface area contributed by atoms with Crippen molar-refractivity contribution < 1.29 is 15.0 Å². The van der Waals surface area contributed by atoms with Gasteiger partial charge in [-0.2, -0.15) is 0 Å². The van der Waals surface area contributed by atoms with Crippen LogP contribution < -0.4 is 0 Å². The second-order valence-electron chi connectivity index (χ2n) is 8.68. The van der Waals surface area contributed by atoms with Gasteiger partial charge < -0.3 is 10.2 Å². The van der Waals surface area contributed by atoms with Gasteiger partial charge in [0, 0.05) is 11.8 Å². The average Bonchev–Trinajstić information content (AvgIpc) is 2.79. The molecule has 3 heteroatoms. The van der Waals surface area contributed by atoms with Crippen LogP contribution in [0.3, 0.4) is 0 Å². The molecule has 0 aromatic rings. The fourth-order valence-corrected chi connectivity index (χ4v) is 6.51. The molecule has 7 atom stereocenters. The maximum atomic E-state index is 11.8. The smallest absolute Gasteiger partial charge is 0.155 e. The van der Waals surface area contributed by atoms with Crippen molar-refractivity contribution in [1.29, 1.82) is 0 Å². The predicted octanol–water partition coefficient (Wildman–Crippen LogP) is 2.85. The Kier molecular flexibility index (Phi) is 3.16. The number of aliphatic hydroxyl groups is 2. The van der Waals surface area contributed by atoms with E-state index in [1.165, 1.54) is 5.57 Å². The van der Waals surface area contributed by atoms with E-state index in [-0.39, 0.29) is 22.7 Å². The maximum absolute atomic E-state index is 11.8. The van der Waals surface area contributed by atoms with Crippen LogP contribution in [0.4, 0.5) is 0 Å². The molecule has 0 saturated heterocycles. The summed E-state index contributed by atoms with van der Waals surface area (Å²) in [6.07, 6.45) is 7.56. The van der Waals surface area contributed by atoms with Gasteiger partial charge in [-0.3, -0.25) is 4.79 Å². The highest BCUT2D eigenvalue weighted by Crippen LogP contribution is 2.65. The molecule has 4 rings (SSSR count). The van der Waals surface area contributed by atoms with Crippen molar-refractivity contribution in [3.05, 3.63) is 11.6 Å². The minimum Gasteiger partial charge on any atom is -0.392 e. The first-order valence-corrected chi connectivity index (χ1v) is 8.97. The Morgan fingerprint density at radius 2 is 1.82 bits per heavy atom. The van der Waals surface area contributed by atoms with Gasteiger partial charge in [-0.05, 0) is 67.8 Å². The van der Waals surface area contributed by atoms with Crippen LogP contribution in [-0.2, 0) is 4.79 Å². The molecule has 3 nitrogen and oxygen atoms in total. The van der Waals surface area contributed by atoms with Crippen molar-refractivity contribution in [1.82, 2.24) is 0 Å². The van der Waals surface area contributed by atoms with Crippen LogP contribution >= 0.6 is 0 Å². The summed E-state index contributed by atoms with van der Waals surface area (Å²) in [4.78, 5) is 11.8. The Bertz CT molecular complexity index is 539. The Hall–Kier alpha value is -0.670. The van der Waals surface area contributed by atoms with E-state index in [1.54, 1.807) is 0 Å². The summed E-state index contributed by atoms with van der Waals surface area (Å²) in [5.41, 5.74) is 1.11. The molecule has 4 aliphatic carbocycles. The van der Waals surface area contributed by atoms with Gasteiger partial charge in [0.2, 0.25) is 0 Å². The SMILES string of the molecule is C[C@]12C(O)C[C@H]3[C@@H](CCC4=CC(=O)CC[C@@]43C)[C@@H]1CC[C@@H]2O. The van der Waals surface area contributed by atoms with Gasteiger partial charge in [-0.25, -0.2) is 0 Å². The highest BCUT2D eigenvalue weighted by molar-refractivity contribution is 5.91. The van der Waals surface area contributed by atoms with Crippen molar-refractivity contribution in [3.8, 4) is 0 Å². The maximum Gasteiger partial charge on any atom is 0.155 e. The molecule has 0 radical (unpaired) electrons. The quantitative estimate of drug-likeness (QED) is 0.723. The van der Waals surface area contributed by atoms with E-state index in [4.69, 9.17) is 0 Å². The normalized spacial score (nSPS) is 54.3. The number of hydrogen-bond donors (Lipinski definition) is 2. The van der Waals surface area contributed by atoms with Crippen molar-refractivity contribution in [2.75, 3.05) is 0 Å². The number of carbonyl (C=O) groups excluding carboxylic acids is 1. The van der Waals surface area contributed by atoms with E-state index >= 15 is 0 Å². The second-order valence-corrected chi connectivity index (χ2v) is 8.68. The minimum absolute atomic E-state index is 0.0900. The van der Waals surface area contributed by atoms with Gasteiger partial charge in [0.05, 0.1) is 12.2 Å². The molecule has 0 bridgehead atoms. The molecule has 0 aliphatic heterocycles. The molecule has 0 amide bonds. The van der Waals surface area contributed by atoms with E-state index in [0.717, 1.165) is 38.5 Å². The Balaban J connectivity index is 1.73. The number of fused-ring (bicyclic) bond motifs is 5. The molecule has 122 valence electrons. The third-order valence-corrected chi connectivity index (χ3v) is 8.02. The van der Waals surface area contributed by atoms with Gasteiger partial charge in [-0.15, -0.1) is 0 Å². The molecular formula is C19H28O3. The lowest BCUT2D eigenvalue weighted by Crippen LogP contribution is -2.57. The zero-order valence-corrected chi connectivity index (χ0v) is 13.7. The summed E-state index contributed by atoms with van der Waals surface area (Å²) in [6.45, 7) is 4.43. The van der Waals surface area contributed by atoms with Crippen molar-refractivity contribution >= 4 is 5.78 Å². The van der Waals surface area contributed by atoms with Gasteiger partial charge in [-0.1, -0.05) is 19.4 Å². The summed E-state index contributed by atoms with van der Waals surface area (Å²) in [5, 5.41) is 21.3. The van der Waals surface area contributed by atoms with E-state index in [1.807, 2.05) is 6.08 Å². The molecular weight excluding hydrogens is 276 g/mol. The number of aliphatic hydroxyl groups excluding tert-OH is 2. The first kappa shape index (κ1) is 14.9. The third-order valence-electron chi connectivity index (χ3n) is 8.02. The molecule has 22 heavy (non-hydrogen) atoms. The zero-order valence-electron chi connectivity index (χ0n) is 13.7. The molecule has 0 heterocycles. The third kappa shape index (κ3) is 1.73. The van der Waals surface area contributed by atoms with Gasteiger partial charge in [0.15, 0.2) is 5.78 Å². The van der Waals surface area contributed by atoms with Crippen LogP contribution in [0.25, 0.3) is 0 Å². The number of carbonyl (C=O) groups is 1. The molecule has 4 aliphatic rings. The van der Waals surface area contributed by atoms with E-state index in [9.17, 15) is 15.0 Å². The van der Waals surface area contributed by atoms with Crippen molar-refractivity contribution in [3.63, 3.8) is 0 Å². The van der Waals surface area contributed by atoms with Gasteiger partial charge in [0.25, 0.3) is 0 Å². The Morgan fingerprint density at radius 3 is 2.59 bits per heavy atom. The monoisotopic (exact) mass is 304 g/mol. The lowest BCUT2D eigenvalue weighted by Gasteiger charge is -2.59. The summed E-state index contributed by atoms with van der Waals surface area (Å²) < 4.78 is 0. The van der Waals surface area contributed by atoms with Crippen molar-refractivity contribution in [2.45, 2.75) is 71.0 Å². The lowest BCUT2D eigenvalue weighted by molar-refractivity contribution is -0.150. The van der Waals surface area contributed by atoms with Crippen LogP contribution in [0, 0.1) is 28.6 Å². The van der Waals surface area contributed by atoms with Gasteiger partial charge >= 0.3 is 0 Å². The van der Waals surface area contributed by atoms with Crippen LogP contribution in [0.5, 0.6) is 0 Å². The number of allylic oxidation sites excluding steroid dienone is 1. The van der Waals surface area contributed by atoms with Gasteiger partial charge in [0.1, 0.15) is 0 Å². The largest absolute Gasteiger partial charge is 0.392 e. The standard InChI is InChI=1S/C19H28O3/c1-18-8-7-12(20)9-11(18)3-4-13-14-5-6-16(21)19(14,2)17(22)10-15(13)18/h9,13-17,21-22H,3-8,10H2,1-2H3/t13-,14-,15-,16-,17?,18-,19-/m0/s1. The van der Waals surface area contributed by atoms with Crippen molar-refractivity contribution in [2.24, 2.45) is 28.6 Å². The highest BCUT2D eigenvalue weighted by atomic mass is 16.3. The fraction of sp³-hybridized carbons (Fsp3) is 0.842. The van der Waals surface area contributed by atoms with Crippen LogP contribution in [-0.4, -0.2) is 28.2 Å². The zero-order chi connectivity index (χ0) is 15.7. The summed E-state index contributed by atoms with van der Waals surface area (Å²) in [5.74, 6) is 1.79. The lowest BCUT2D eigenvalue weighted by atomic mass is 9.46. The van der Waals surface area contributed by atoms with Crippen LogP contribution in [0.2, 0.25) is 0 Å². The molecule has 0 aromatic heterocycles. The first-order valence-electron chi connectivity index (χ1n) is 8.97.